The molecule has 19 heavy (non-hydrogen) atoms. The van der Waals surface area contributed by atoms with Gasteiger partial charge >= 0.3 is 0 Å². The average Bonchev–Trinajstić information content (AvgIpc) is 2.29. The third-order valence-corrected chi connectivity index (χ3v) is 2.83. The number of anilines is 3. The van der Waals surface area contributed by atoms with Gasteiger partial charge in [0.2, 0.25) is 5.28 Å². The van der Waals surface area contributed by atoms with Crippen LogP contribution in [0.3, 0.4) is 0 Å². The van der Waals surface area contributed by atoms with Crippen LogP contribution in [-0.4, -0.2) is 9.97 Å². The molecular formula is C11H8Cl2F2N4. The third-order valence-electron chi connectivity index (χ3n) is 2.36. The summed E-state index contributed by atoms with van der Waals surface area (Å²) in [6.45, 7) is 1.62. The summed E-state index contributed by atoms with van der Waals surface area (Å²) in [4.78, 5) is 7.67. The molecule has 0 bridgehead atoms. The molecule has 100 valence electrons. The zero-order chi connectivity index (χ0) is 14.2. The van der Waals surface area contributed by atoms with E-state index in [-0.39, 0.29) is 27.5 Å². The zero-order valence-corrected chi connectivity index (χ0v) is 11.2. The maximum atomic E-state index is 13.6. The first-order valence-corrected chi connectivity index (χ1v) is 5.85. The molecule has 0 aliphatic rings. The molecule has 0 saturated heterocycles. The van der Waals surface area contributed by atoms with Crippen molar-refractivity contribution >= 4 is 40.4 Å². The van der Waals surface area contributed by atoms with Gasteiger partial charge < -0.3 is 11.1 Å². The van der Waals surface area contributed by atoms with E-state index in [1.807, 2.05) is 0 Å². The summed E-state index contributed by atoms with van der Waals surface area (Å²) in [5.41, 5.74) is 6.24. The SMILES string of the molecule is Cc1nc(Cl)nc(Nc2c(F)cc(F)cc2Cl)c1N. The number of halogens is 4. The number of nitrogens with zero attached hydrogens (tertiary/aromatic N) is 2. The monoisotopic (exact) mass is 304 g/mol. The Hall–Kier alpha value is -1.66. The van der Waals surface area contributed by atoms with Crippen molar-refractivity contribution in [3.63, 3.8) is 0 Å². The maximum absolute atomic E-state index is 13.6. The number of hydrogen-bond acceptors (Lipinski definition) is 4. The van der Waals surface area contributed by atoms with E-state index in [2.05, 4.69) is 15.3 Å². The maximum Gasteiger partial charge on any atom is 0.224 e. The summed E-state index contributed by atoms with van der Waals surface area (Å²) in [6, 6.07) is 1.67. The van der Waals surface area contributed by atoms with E-state index in [9.17, 15) is 8.78 Å². The van der Waals surface area contributed by atoms with Crippen molar-refractivity contribution in [2.45, 2.75) is 6.92 Å². The Morgan fingerprint density at radius 2 is 1.89 bits per heavy atom. The summed E-state index contributed by atoms with van der Waals surface area (Å²) in [5, 5.41) is 2.40. The van der Waals surface area contributed by atoms with E-state index in [1.165, 1.54) is 0 Å². The minimum atomic E-state index is -0.864. The van der Waals surface area contributed by atoms with Gasteiger partial charge in [-0.25, -0.2) is 13.8 Å². The van der Waals surface area contributed by atoms with Crippen molar-refractivity contribution in [1.82, 2.24) is 9.97 Å². The highest BCUT2D eigenvalue weighted by Crippen LogP contribution is 2.31. The fourth-order valence-electron chi connectivity index (χ4n) is 1.42. The molecule has 1 heterocycles. The minimum absolute atomic E-state index is 0.0483. The fraction of sp³-hybridized carbons (Fsp3) is 0.0909. The number of nitrogens with one attached hydrogen (secondary N) is 1. The van der Waals surface area contributed by atoms with Crippen LogP contribution in [0.1, 0.15) is 5.69 Å². The molecule has 4 nitrogen and oxygen atoms in total. The Bertz CT molecular complexity index is 626. The van der Waals surface area contributed by atoms with Crippen molar-refractivity contribution in [3.05, 3.63) is 39.8 Å². The first-order chi connectivity index (χ1) is 8.88. The molecule has 0 unspecified atom stereocenters. The van der Waals surface area contributed by atoms with Crippen LogP contribution in [0.2, 0.25) is 10.3 Å². The van der Waals surface area contributed by atoms with Gasteiger partial charge in [0.1, 0.15) is 5.82 Å². The first kappa shape index (κ1) is 13.8. The predicted octanol–water partition coefficient (Wildman–Crippen LogP) is 3.70. The first-order valence-electron chi connectivity index (χ1n) is 5.09. The smallest absolute Gasteiger partial charge is 0.224 e. The van der Waals surface area contributed by atoms with E-state index in [1.54, 1.807) is 6.92 Å². The number of nitrogen functional groups attached to an aromatic ring is 1. The number of aryl methyl sites for hydroxylation is 1. The highest BCUT2D eigenvalue weighted by atomic mass is 35.5. The molecule has 0 radical (unpaired) electrons. The lowest BCUT2D eigenvalue weighted by Crippen LogP contribution is -2.05. The van der Waals surface area contributed by atoms with Gasteiger partial charge in [-0.3, -0.25) is 0 Å². The molecule has 1 aromatic heterocycles. The van der Waals surface area contributed by atoms with E-state index in [0.29, 0.717) is 11.8 Å². The van der Waals surface area contributed by atoms with Crippen LogP contribution >= 0.6 is 23.2 Å². The summed E-state index contributed by atoms with van der Waals surface area (Å²) < 4.78 is 26.6. The van der Waals surface area contributed by atoms with Gasteiger partial charge in [-0.15, -0.1) is 0 Å². The molecule has 2 aromatic rings. The number of aromatic nitrogens is 2. The quantitative estimate of drug-likeness (QED) is 0.830. The van der Waals surface area contributed by atoms with E-state index < -0.39 is 11.6 Å². The molecule has 0 aliphatic heterocycles. The number of hydrogen-bond donors (Lipinski definition) is 2. The normalized spacial score (nSPS) is 10.6. The topological polar surface area (TPSA) is 63.8 Å². The zero-order valence-electron chi connectivity index (χ0n) is 9.64. The van der Waals surface area contributed by atoms with E-state index in [0.717, 1.165) is 6.07 Å². The number of nitrogens with two attached hydrogens (primary N) is 1. The van der Waals surface area contributed by atoms with Crippen LogP contribution in [0.4, 0.5) is 26.0 Å². The molecule has 1 aromatic carbocycles. The molecule has 8 heteroatoms. The predicted molar refractivity (Wildman–Crippen MR) is 70.8 cm³/mol. The van der Waals surface area contributed by atoms with E-state index >= 15 is 0 Å². The Labute approximate surface area is 117 Å². The lowest BCUT2D eigenvalue weighted by molar-refractivity contribution is 0.586. The molecule has 2 rings (SSSR count). The second-order valence-electron chi connectivity index (χ2n) is 3.71. The average molecular weight is 305 g/mol. The molecular weight excluding hydrogens is 297 g/mol. The minimum Gasteiger partial charge on any atom is -0.394 e. The summed E-state index contributed by atoms with van der Waals surface area (Å²) >= 11 is 11.4. The molecule has 3 N–H and O–H groups in total. The van der Waals surface area contributed by atoms with Crippen molar-refractivity contribution in [2.24, 2.45) is 0 Å². The number of benzene rings is 1. The van der Waals surface area contributed by atoms with E-state index in [4.69, 9.17) is 28.9 Å². The van der Waals surface area contributed by atoms with Crippen molar-refractivity contribution in [3.8, 4) is 0 Å². The Morgan fingerprint density at radius 3 is 2.53 bits per heavy atom. The van der Waals surface area contributed by atoms with Crippen LogP contribution in [0, 0.1) is 18.6 Å². The van der Waals surface area contributed by atoms with Gasteiger partial charge in [-0.05, 0) is 24.6 Å². The number of rotatable bonds is 2. The second-order valence-corrected chi connectivity index (χ2v) is 4.46. The largest absolute Gasteiger partial charge is 0.394 e. The fourth-order valence-corrected chi connectivity index (χ4v) is 1.88. The van der Waals surface area contributed by atoms with Gasteiger partial charge in [0.25, 0.3) is 0 Å². The molecule has 0 spiro atoms. The van der Waals surface area contributed by atoms with Crippen molar-refractivity contribution < 1.29 is 8.78 Å². The Kier molecular flexibility index (Phi) is 3.73. The van der Waals surface area contributed by atoms with Crippen LogP contribution in [0.15, 0.2) is 12.1 Å². The van der Waals surface area contributed by atoms with Crippen LogP contribution in [0.5, 0.6) is 0 Å². The standard InChI is InChI=1S/C11H8Cl2F2N4/c1-4-8(16)10(19-11(13)17-4)18-9-6(12)2-5(14)3-7(9)15/h2-3H,16H2,1H3,(H,17,18,19). The molecule has 0 aliphatic carbocycles. The molecule has 0 amide bonds. The Morgan fingerprint density at radius 1 is 1.21 bits per heavy atom. The van der Waals surface area contributed by atoms with Gasteiger partial charge in [0.05, 0.1) is 22.1 Å². The van der Waals surface area contributed by atoms with Crippen LogP contribution in [0.25, 0.3) is 0 Å². The van der Waals surface area contributed by atoms with Gasteiger partial charge in [0.15, 0.2) is 11.6 Å². The van der Waals surface area contributed by atoms with Gasteiger partial charge in [-0.2, -0.15) is 4.98 Å². The third kappa shape index (κ3) is 2.85. The summed E-state index contributed by atoms with van der Waals surface area (Å²) in [7, 11) is 0. The lowest BCUT2D eigenvalue weighted by Gasteiger charge is -2.12. The highest BCUT2D eigenvalue weighted by molar-refractivity contribution is 6.33. The van der Waals surface area contributed by atoms with Crippen LogP contribution < -0.4 is 11.1 Å². The van der Waals surface area contributed by atoms with Gasteiger partial charge in [0, 0.05) is 6.07 Å². The summed E-state index contributed by atoms with van der Waals surface area (Å²) in [6.07, 6.45) is 0. The second kappa shape index (κ2) is 5.14. The molecule has 0 saturated carbocycles. The van der Waals surface area contributed by atoms with Crippen molar-refractivity contribution in [2.75, 3.05) is 11.1 Å². The van der Waals surface area contributed by atoms with Gasteiger partial charge in [-0.1, -0.05) is 11.6 Å². The highest BCUT2D eigenvalue weighted by Gasteiger charge is 2.14. The van der Waals surface area contributed by atoms with Crippen LogP contribution in [-0.2, 0) is 0 Å². The summed E-state index contributed by atoms with van der Waals surface area (Å²) in [5.74, 6) is -1.54. The molecule has 0 atom stereocenters. The lowest BCUT2D eigenvalue weighted by atomic mass is 10.2. The molecule has 0 fully saturated rings. The Balaban J connectivity index is 2.48. The van der Waals surface area contributed by atoms with Crippen molar-refractivity contribution in [1.29, 1.82) is 0 Å².